The van der Waals surface area contributed by atoms with Gasteiger partial charge in [-0.05, 0) is 12.0 Å². The Morgan fingerprint density at radius 2 is 2.07 bits per heavy atom. The van der Waals surface area contributed by atoms with Crippen molar-refractivity contribution in [3.63, 3.8) is 0 Å². The maximum atomic E-state index is 10.3. The average Bonchev–Trinajstić information content (AvgIpc) is 2.29. The van der Waals surface area contributed by atoms with Gasteiger partial charge in [0, 0.05) is 26.2 Å². The van der Waals surface area contributed by atoms with Gasteiger partial charge in [-0.15, -0.1) is 0 Å². The lowest BCUT2D eigenvalue weighted by Gasteiger charge is -2.14. The average molecular weight is 208 g/mol. The van der Waals surface area contributed by atoms with Gasteiger partial charge in [0.1, 0.15) is 6.29 Å². The largest absolute Gasteiger partial charge is 0.352 e. The number of hydrogen-bond acceptors (Lipinski definition) is 3. The highest BCUT2D eigenvalue weighted by atomic mass is 16.7. The molecule has 1 aromatic carbocycles. The van der Waals surface area contributed by atoms with E-state index in [0.29, 0.717) is 6.42 Å². The molecule has 0 saturated carbocycles. The van der Waals surface area contributed by atoms with E-state index in [9.17, 15) is 4.79 Å². The Balaban J connectivity index is 2.76. The van der Waals surface area contributed by atoms with Crippen LogP contribution in [0.3, 0.4) is 0 Å². The Morgan fingerprint density at radius 1 is 1.33 bits per heavy atom. The highest BCUT2D eigenvalue weighted by Crippen LogP contribution is 2.18. The molecule has 0 fully saturated rings. The molecule has 15 heavy (non-hydrogen) atoms. The lowest BCUT2D eigenvalue weighted by atomic mass is 10.1. The molecular formula is C12H16O3. The summed E-state index contributed by atoms with van der Waals surface area (Å²) < 4.78 is 10.3. The van der Waals surface area contributed by atoms with Gasteiger partial charge in [-0.2, -0.15) is 0 Å². The van der Waals surface area contributed by atoms with E-state index in [2.05, 4.69) is 0 Å². The second-order valence-corrected chi connectivity index (χ2v) is 3.25. The Labute approximate surface area is 90.0 Å². The number of methoxy groups -OCH3 is 2. The van der Waals surface area contributed by atoms with Crippen molar-refractivity contribution in [2.24, 2.45) is 0 Å². The van der Waals surface area contributed by atoms with Crippen molar-refractivity contribution in [1.82, 2.24) is 0 Å². The Kier molecular flexibility index (Phi) is 5.01. The maximum Gasteiger partial charge on any atom is 0.183 e. The van der Waals surface area contributed by atoms with E-state index in [1.165, 1.54) is 0 Å². The molecule has 82 valence electrons. The predicted molar refractivity (Wildman–Crippen MR) is 57.6 cm³/mol. The van der Waals surface area contributed by atoms with E-state index in [-0.39, 0.29) is 6.29 Å². The first-order valence-electron chi connectivity index (χ1n) is 4.90. The lowest BCUT2D eigenvalue weighted by Crippen LogP contribution is -2.04. The fraction of sp³-hybridized carbons (Fsp3) is 0.417. The molecule has 0 aliphatic heterocycles. The van der Waals surface area contributed by atoms with Crippen LogP contribution in [0, 0.1) is 0 Å². The van der Waals surface area contributed by atoms with Gasteiger partial charge in [-0.25, -0.2) is 0 Å². The molecule has 3 heteroatoms. The summed E-state index contributed by atoms with van der Waals surface area (Å²) in [6.07, 6.45) is 1.91. The number of aryl methyl sites for hydroxylation is 1. The Morgan fingerprint density at radius 3 is 2.67 bits per heavy atom. The van der Waals surface area contributed by atoms with Crippen LogP contribution in [0.15, 0.2) is 24.3 Å². The fourth-order valence-corrected chi connectivity index (χ4v) is 1.49. The smallest absolute Gasteiger partial charge is 0.183 e. The van der Waals surface area contributed by atoms with E-state index in [0.717, 1.165) is 23.8 Å². The minimum absolute atomic E-state index is 0.332. The second kappa shape index (κ2) is 6.32. The summed E-state index contributed by atoms with van der Waals surface area (Å²) in [5, 5.41) is 0. The monoisotopic (exact) mass is 208 g/mol. The first-order valence-corrected chi connectivity index (χ1v) is 4.90. The number of carbonyl (C=O) groups excluding carboxylic acids is 1. The Hall–Kier alpha value is -1.19. The quantitative estimate of drug-likeness (QED) is 0.530. The minimum atomic E-state index is -0.332. The molecule has 3 nitrogen and oxygen atoms in total. The molecule has 0 aromatic heterocycles. The van der Waals surface area contributed by atoms with Gasteiger partial charge in [-0.1, -0.05) is 24.3 Å². The first kappa shape index (κ1) is 11.9. The molecule has 0 unspecified atom stereocenters. The number of aldehydes is 1. The van der Waals surface area contributed by atoms with Crippen molar-refractivity contribution in [3.05, 3.63) is 35.4 Å². The summed E-state index contributed by atoms with van der Waals surface area (Å²) >= 11 is 0. The van der Waals surface area contributed by atoms with Crippen LogP contribution < -0.4 is 0 Å². The zero-order valence-corrected chi connectivity index (χ0v) is 9.10. The molecular weight excluding hydrogens is 192 g/mol. The maximum absolute atomic E-state index is 10.3. The zero-order valence-electron chi connectivity index (χ0n) is 9.10. The minimum Gasteiger partial charge on any atom is -0.352 e. The fourth-order valence-electron chi connectivity index (χ4n) is 1.49. The normalized spacial score (nSPS) is 10.6. The van der Waals surface area contributed by atoms with Crippen LogP contribution in [0.4, 0.5) is 0 Å². The van der Waals surface area contributed by atoms with Gasteiger partial charge in [0.15, 0.2) is 6.29 Å². The third-order valence-corrected chi connectivity index (χ3v) is 2.20. The highest BCUT2D eigenvalue weighted by molar-refractivity contribution is 5.50. The standard InChI is InChI=1S/C12H16O3/c1-14-12(15-2)11-7-3-5-10(9-11)6-4-8-13/h3,5,7-9,12H,4,6H2,1-2H3. The summed E-state index contributed by atoms with van der Waals surface area (Å²) in [7, 11) is 3.21. The molecule has 1 aromatic rings. The van der Waals surface area contributed by atoms with Gasteiger partial charge in [-0.3, -0.25) is 0 Å². The number of carbonyl (C=O) groups is 1. The molecule has 0 radical (unpaired) electrons. The zero-order chi connectivity index (χ0) is 11.1. The van der Waals surface area contributed by atoms with Gasteiger partial charge in [0.05, 0.1) is 0 Å². The summed E-state index contributed by atoms with van der Waals surface area (Å²) in [5.74, 6) is 0. The third-order valence-electron chi connectivity index (χ3n) is 2.20. The van der Waals surface area contributed by atoms with E-state index in [1.807, 2.05) is 24.3 Å². The second-order valence-electron chi connectivity index (χ2n) is 3.25. The van der Waals surface area contributed by atoms with Crippen LogP contribution in [0.2, 0.25) is 0 Å². The molecule has 0 atom stereocenters. The van der Waals surface area contributed by atoms with Crippen LogP contribution >= 0.6 is 0 Å². The number of benzene rings is 1. The van der Waals surface area contributed by atoms with E-state index in [4.69, 9.17) is 9.47 Å². The number of rotatable bonds is 6. The summed E-state index contributed by atoms with van der Waals surface area (Å²) in [6, 6.07) is 7.89. The van der Waals surface area contributed by atoms with Crippen LogP contribution in [-0.2, 0) is 20.7 Å². The molecule has 0 aliphatic rings. The van der Waals surface area contributed by atoms with E-state index >= 15 is 0 Å². The molecule has 0 heterocycles. The van der Waals surface area contributed by atoms with Crippen molar-refractivity contribution >= 4 is 6.29 Å². The van der Waals surface area contributed by atoms with E-state index < -0.39 is 0 Å². The summed E-state index contributed by atoms with van der Waals surface area (Å²) in [5.41, 5.74) is 2.10. The SMILES string of the molecule is COC(OC)c1cccc(CCC=O)c1. The third kappa shape index (κ3) is 3.46. The number of hydrogen-bond donors (Lipinski definition) is 0. The molecule has 1 rings (SSSR count). The lowest BCUT2D eigenvalue weighted by molar-refractivity contribution is -0.107. The molecule has 0 N–H and O–H groups in total. The van der Waals surface area contributed by atoms with Crippen LogP contribution in [-0.4, -0.2) is 20.5 Å². The summed E-state index contributed by atoms with van der Waals surface area (Å²) in [4.78, 5) is 10.3. The molecule has 0 spiro atoms. The van der Waals surface area contributed by atoms with Gasteiger partial charge in [0.2, 0.25) is 0 Å². The van der Waals surface area contributed by atoms with Crippen molar-refractivity contribution in [2.75, 3.05) is 14.2 Å². The van der Waals surface area contributed by atoms with Crippen LogP contribution in [0.1, 0.15) is 23.8 Å². The van der Waals surface area contributed by atoms with Gasteiger partial charge < -0.3 is 14.3 Å². The Bertz CT molecular complexity index is 305. The topological polar surface area (TPSA) is 35.5 Å². The van der Waals surface area contributed by atoms with Gasteiger partial charge in [0.25, 0.3) is 0 Å². The van der Waals surface area contributed by atoms with Crippen LogP contribution in [0.25, 0.3) is 0 Å². The molecule has 0 aliphatic carbocycles. The molecule has 0 amide bonds. The predicted octanol–water partition coefficient (Wildman–Crippen LogP) is 2.11. The summed E-state index contributed by atoms with van der Waals surface area (Å²) in [6.45, 7) is 0. The van der Waals surface area contributed by atoms with E-state index in [1.54, 1.807) is 14.2 Å². The highest BCUT2D eigenvalue weighted by Gasteiger charge is 2.08. The van der Waals surface area contributed by atoms with Crippen LogP contribution in [0.5, 0.6) is 0 Å². The van der Waals surface area contributed by atoms with Gasteiger partial charge >= 0.3 is 0 Å². The molecule has 0 bridgehead atoms. The first-order chi connectivity index (χ1) is 7.31. The van der Waals surface area contributed by atoms with Crippen molar-refractivity contribution in [1.29, 1.82) is 0 Å². The van der Waals surface area contributed by atoms with Crippen molar-refractivity contribution in [3.8, 4) is 0 Å². The number of ether oxygens (including phenoxy) is 2. The molecule has 0 saturated heterocycles. The van der Waals surface area contributed by atoms with Crippen molar-refractivity contribution < 1.29 is 14.3 Å². The van der Waals surface area contributed by atoms with Crippen molar-refractivity contribution in [2.45, 2.75) is 19.1 Å².